The Morgan fingerprint density at radius 2 is 2.31 bits per heavy atom. The van der Waals surface area contributed by atoms with Crippen LogP contribution in [-0.4, -0.2) is 4.98 Å². The van der Waals surface area contributed by atoms with Gasteiger partial charge in [0.25, 0.3) is 0 Å². The fraction of sp³-hybridized carbons (Fsp3) is 0.222. The summed E-state index contributed by atoms with van der Waals surface area (Å²) in [6.45, 7) is 3.61. The Kier molecular flexibility index (Phi) is 5.11. The highest BCUT2D eigenvalue weighted by atomic mass is 35.5. The summed E-state index contributed by atoms with van der Waals surface area (Å²) in [7, 11) is 0. The molecule has 72 valence electrons. The summed E-state index contributed by atoms with van der Waals surface area (Å²) in [5, 5.41) is 0. The van der Waals surface area contributed by atoms with Crippen LogP contribution in [0.4, 0.5) is 5.82 Å². The van der Waals surface area contributed by atoms with Crippen LogP contribution >= 0.6 is 12.4 Å². The first kappa shape index (κ1) is 11.9. The fourth-order valence-corrected chi connectivity index (χ4v) is 1.05. The number of nitrogen functional groups attached to an aromatic ring is 1. The standard InChI is InChI=1S/C9H13N3.ClH/c1-2-4-8(10)7-5-3-6-12-9(7)11;/h2-3,5-6,8H,1,4,10H2,(H2,11,12);1H/t8-;/m0./s1. The van der Waals surface area contributed by atoms with Crippen molar-refractivity contribution in [1.29, 1.82) is 0 Å². The van der Waals surface area contributed by atoms with Crippen LogP contribution in [0.25, 0.3) is 0 Å². The monoisotopic (exact) mass is 199 g/mol. The number of nitrogens with zero attached hydrogens (tertiary/aromatic N) is 1. The zero-order valence-corrected chi connectivity index (χ0v) is 8.13. The van der Waals surface area contributed by atoms with Gasteiger partial charge in [-0.1, -0.05) is 12.1 Å². The Morgan fingerprint density at radius 3 is 2.85 bits per heavy atom. The van der Waals surface area contributed by atoms with Crippen LogP contribution in [-0.2, 0) is 0 Å². The predicted octanol–water partition coefficient (Wildman–Crippen LogP) is 1.66. The zero-order valence-electron chi connectivity index (χ0n) is 7.31. The highest BCUT2D eigenvalue weighted by molar-refractivity contribution is 5.85. The highest BCUT2D eigenvalue weighted by Crippen LogP contribution is 2.18. The number of anilines is 1. The maximum absolute atomic E-state index is 5.82. The van der Waals surface area contributed by atoms with E-state index in [0.717, 1.165) is 12.0 Å². The number of nitrogens with two attached hydrogens (primary N) is 2. The fourth-order valence-electron chi connectivity index (χ4n) is 1.05. The van der Waals surface area contributed by atoms with E-state index in [2.05, 4.69) is 11.6 Å². The Balaban J connectivity index is 0.00000144. The van der Waals surface area contributed by atoms with Crippen LogP contribution in [0.15, 0.2) is 31.0 Å². The van der Waals surface area contributed by atoms with E-state index in [1.165, 1.54) is 0 Å². The third-order valence-corrected chi connectivity index (χ3v) is 1.69. The second-order valence-corrected chi connectivity index (χ2v) is 2.61. The van der Waals surface area contributed by atoms with Crippen molar-refractivity contribution in [3.8, 4) is 0 Å². The normalized spacial score (nSPS) is 11.5. The molecule has 0 saturated heterocycles. The molecule has 4 N–H and O–H groups in total. The molecule has 0 amide bonds. The summed E-state index contributed by atoms with van der Waals surface area (Å²) < 4.78 is 0. The van der Waals surface area contributed by atoms with Gasteiger partial charge >= 0.3 is 0 Å². The van der Waals surface area contributed by atoms with E-state index in [1.54, 1.807) is 12.3 Å². The molecule has 0 unspecified atom stereocenters. The second-order valence-electron chi connectivity index (χ2n) is 2.61. The average Bonchev–Trinajstić information content (AvgIpc) is 2.05. The van der Waals surface area contributed by atoms with E-state index in [1.807, 2.05) is 12.1 Å². The van der Waals surface area contributed by atoms with Crippen molar-refractivity contribution in [2.45, 2.75) is 12.5 Å². The first-order valence-electron chi connectivity index (χ1n) is 3.82. The molecule has 0 aliphatic rings. The molecule has 3 nitrogen and oxygen atoms in total. The summed E-state index contributed by atoms with van der Waals surface area (Å²) in [5.41, 5.74) is 12.3. The van der Waals surface area contributed by atoms with Gasteiger partial charge in [-0.3, -0.25) is 0 Å². The highest BCUT2D eigenvalue weighted by Gasteiger charge is 2.06. The molecule has 0 aliphatic carbocycles. The lowest BCUT2D eigenvalue weighted by Gasteiger charge is -2.10. The second kappa shape index (κ2) is 5.56. The van der Waals surface area contributed by atoms with Crippen molar-refractivity contribution in [2.75, 3.05) is 5.73 Å². The molecule has 1 heterocycles. The minimum Gasteiger partial charge on any atom is -0.383 e. The number of pyridine rings is 1. The molecule has 0 fully saturated rings. The van der Waals surface area contributed by atoms with Gasteiger partial charge in [0.1, 0.15) is 5.82 Å². The number of rotatable bonds is 3. The molecule has 0 aliphatic heterocycles. The van der Waals surface area contributed by atoms with Crippen LogP contribution in [0, 0.1) is 0 Å². The van der Waals surface area contributed by atoms with Gasteiger partial charge in [0, 0.05) is 17.8 Å². The van der Waals surface area contributed by atoms with Crippen molar-refractivity contribution in [3.05, 3.63) is 36.5 Å². The SMILES string of the molecule is C=CC[C@H](N)c1cccnc1N.Cl. The lowest BCUT2D eigenvalue weighted by Crippen LogP contribution is -2.12. The van der Waals surface area contributed by atoms with E-state index in [0.29, 0.717) is 5.82 Å². The molecule has 0 bridgehead atoms. The van der Waals surface area contributed by atoms with Gasteiger partial charge in [-0.05, 0) is 12.5 Å². The number of halogens is 1. The van der Waals surface area contributed by atoms with Gasteiger partial charge in [0.2, 0.25) is 0 Å². The van der Waals surface area contributed by atoms with Gasteiger partial charge < -0.3 is 11.5 Å². The van der Waals surface area contributed by atoms with Crippen molar-refractivity contribution >= 4 is 18.2 Å². The molecule has 0 saturated carbocycles. The Hall–Kier alpha value is -1.06. The molecule has 1 aromatic rings. The van der Waals surface area contributed by atoms with Gasteiger partial charge in [-0.2, -0.15) is 0 Å². The number of hydrogen-bond acceptors (Lipinski definition) is 3. The van der Waals surface area contributed by atoms with E-state index in [9.17, 15) is 0 Å². The lowest BCUT2D eigenvalue weighted by atomic mass is 10.1. The predicted molar refractivity (Wildman–Crippen MR) is 57.6 cm³/mol. The quantitative estimate of drug-likeness (QED) is 0.728. The van der Waals surface area contributed by atoms with Gasteiger partial charge in [-0.25, -0.2) is 4.98 Å². The lowest BCUT2D eigenvalue weighted by molar-refractivity contribution is 0.741. The number of aromatic nitrogens is 1. The molecule has 13 heavy (non-hydrogen) atoms. The Labute approximate surface area is 84.3 Å². The zero-order chi connectivity index (χ0) is 8.97. The van der Waals surface area contributed by atoms with Crippen molar-refractivity contribution in [1.82, 2.24) is 4.98 Å². The molecule has 0 spiro atoms. The summed E-state index contributed by atoms with van der Waals surface area (Å²) in [4.78, 5) is 3.95. The van der Waals surface area contributed by atoms with Gasteiger partial charge in [0.15, 0.2) is 0 Å². The maximum Gasteiger partial charge on any atom is 0.128 e. The smallest absolute Gasteiger partial charge is 0.128 e. The number of hydrogen-bond donors (Lipinski definition) is 2. The molecule has 1 atom stereocenters. The molecule has 1 aromatic heterocycles. The Bertz CT molecular complexity index is 275. The minimum absolute atomic E-state index is 0. The third-order valence-electron chi connectivity index (χ3n) is 1.69. The summed E-state index contributed by atoms with van der Waals surface area (Å²) >= 11 is 0. The van der Waals surface area contributed by atoms with Crippen molar-refractivity contribution in [3.63, 3.8) is 0 Å². The largest absolute Gasteiger partial charge is 0.383 e. The van der Waals surface area contributed by atoms with E-state index >= 15 is 0 Å². The van der Waals surface area contributed by atoms with Crippen LogP contribution in [0.1, 0.15) is 18.0 Å². The van der Waals surface area contributed by atoms with Gasteiger partial charge in [0.05, 0.1) is 0 Å². The summed E-state index contributed by atoms with van der Waals surface area (Å²) in [6.07, 6.45) is 4.15. The summed E-state index contributed by atoms with van der Waals surface area (Å²) in [6, 6.07) is 3.63. The molecule has 4 heteroatoms. The van der Waals surface area contributed by atoms with Crippen LogP contribution in [0.5, 0.6) is 0 Å². The summed E-state index contributed by atoms with van der Waals surface area (Å²) in [5.74, 6) is 0.506. The van der Waals surface area contributed by atoms with Crippen molar-refractivity contribution in [2.24, 2.45) is 5.73 Å². The molecular weight excluding hydrogens is 186 g/mol. The first-order valence-corrected chi connectivity index (χ1v) is 3.82. The van der Waals surface area contributed by atoms with Crippen molar-refractivity contribution < 1.29 is 0 Å². The first-order chi connectivity index (χ1) is 5.75. The van der Waals surface area contributed by atoms with E-state index < -0.39 is 0 Å². The Morgan fingerprint density at radius 1 is 1.62 bits per heavy atom. The average molecular weight is 200 g/mol. The maximum atomic E-state index is 5.82. The van der Waals surface area contributed by atoms with Crippen LogP contribution in [0.3, 0.4) is 0 Å². The molecule has 0 radical (unpaired) electrons. The molecule has 0 aromatic carbocycles. The van der Waals surface area contributed by atoms with E-state index in [-0.39, 0.29) is 18.4 Å². The topological polar surface area (TPSA) is 64.9 Å². The molecule has 1 rings (SSSR count). The third kappa shape index (κ3) is 3.05. The van der Waals surface area contributed by atoms with E-state index in [4.69, 9.17) is 11.5 Å². The molecular formula is C9H14ClN3. The van der Waals surface area contributed by atoms with Crippen LogP contribution in [0.2, 0.25) is 0 Å². The minimum atomic E-state index is -0.0869. The van der Waals surface area contributed by atoms with Gasteiger partial charge in [-0.15, -0.1) is 19.0 Å². The van der Waals surface area contributed by atoms with Crippen LogP contribution < -0.4 is 11.5 Å².